The summed E-state index contributed by atoms with van der Waals surface area (Å²) < 4.78 is 21.6. The fraction of sp³-hybridized carbons (Fsp3) is 0.273. The zero-order chi connectivity index (χ0) is 21.4. The number of nitrogens with two attached hydrogens (primary N) is 1. The Balaban J connectivity index is 0.00000450. The maximum absolute atomic E-state index is 11.9. The van der Waals surface area contributed by atoms with Gasteiger partial charge in [0, 0.05) is 6.08 Å². The summed E-state index contributed by atoms with van der Waals surface area (Å²) in [7, 11) is 3.04. The van der Waals surface area contributed by atoms with Crippen LogP contribution >= 0.6 is 12.4 Å². The Bertz CT molecular complexity index is 951. The van der Waals surface area contributed by atoms with Crippen molar-refractivity contribution < 1.29 is 23.7 Å². The lowest BCUT2D eigenvalue weighted by Gasteiger charge is -2.15. The summed E-state index contributed by atoms with van der Waals surface area (Å²) >= 11 is 0. The van der Waals surface area contributed by atoms with Gasteiger partial charge in [0.05, 0.1) is 26.9 Å². The Morgan fingerprint density at radius 3 is 2.07 bits per heavy atom. The SMILES string of the molecule is CCOc1cc(C(=CC#N)c2ccc(OC)c(OC(=O)C(C)N)c2)ccc1OC.Cl. The summed E-state index contributed by atoms with van der Waals surface area (Å²) in [6, 6.07) is 11.7. The average molecular weight is 433 g/mol. The number of esters is 1. The van der Waals surface area contributed by atoms with E-state index in [0.717, 1.165) is 5.56 Å². The van der Waals surface area contributed by atoms with Crippen LogP contribution in [0.5, 0.6) is 23.0 Å². The number of carbonyl (C=O) groups excluding carboxylic acids is 1. The first-order valence-electron chi connectivity index (χ1n) is 9.01. The first-order chi connectivity index (χ1) is 13.9. The van der Waals surface area contributed by atoms with E-state index in [9.17, 15) is 10.1 Å². The van der Waals surface area contributed by atoms with E-state index in [2.05, 4.69) is 6.07 Å². The molecule has 0 amide bonds. The van der Waals surface area contributed by atoms with E-state index in [1.54, 1.807) is 37.4 Å². The standard InChI is InChI=1S/C22H24N2O5.ClH/c1-5-28-20-12-15(6-8-18(20)26-3)17(10-11-23)16-7-9-19(27-4)21(13-16)29-22(25)14(2)24;/h6-10,12-14H,5,24H2,1-4H3;1H. The van der Waals surface area contributed by atoms with Crippen LogP contribution in [0.3, 0.4) is 0 Å². The van der Waals surface area contributed by atoms with Crippen LogP contribution in [0.2, 0.25) is 0 Å². The van der Waals surface area contributed by atoms with Gasteiger partial charge in [0.15, 0.2) is 23.0 Å². The highest BCUT2D eigenvalue weighted by Gasteiger charge is 2.17. The molecule has 2 aromatic rings. The van der Waals surface area contributed by atoms with E-state index < -0.39 is 12.0 Å². The zero-order valence-electron chi connectivity index (χ0n) is 17.3. The monoisotopic (exact) mass is 432 g/mol. The van der Waals surface area contributed by atoms with Crippen LogP contribution in [0.15, 0.2) is 42.5 Å². The number of hydrogen-bond acceptors (Lipinski definition) is 7. The second-order valence-electron chi connectivity index (χ2n) is 6.06. The number of ether oxygens (including phenoxy) is 4. The van der Waals surface area contributed by atoms with Crippen molar-refractivity contribution in [1.29, 1.82) is 5.26 Å². The highest BCUT2D eigenvalue weighted by Crippen LogP contribution is 2.36. The van der Waals surface area contributed by atoms with Crippen molar-refractivity contribution >= 4 is 23.9 Å². The number of allylic oxidation sites excluding steroid dienone is 1. The summed E-state index contributed by atoms with van der Waals surface area (Å²) in [5.74, 6) is 1.16. The van der Waals surface area contributed by atoms with Gasteiger partial charge in [-0.2, -0.15) is 5.26 Å². The van der Waals surface area contributed by atoms with E-state index in [1.807, 2.05) is 13.0 Å². The normalized spacial score (nSPS) is 11.5. The number of rotatable bonds is 8. The highest BCUT2D eigenvalue weighted by molar-refractivity contribution is 5.85. The first kappa shape index (κ1) is 24.8. The van der Waals surface area contributed by atoms with Crippen molar-refractivity contribution in [2.75, 3.05) is 20.8 Å². The molecule has 0 spiro atoms. The molecule has 1 unspecified atom stereocenters. The highest BCUT2D eigenvalue weighted by atomic mass is 35.5. The summed E-state index contributed by atoms with van der Waals surface area (Å²) in [5, 5.41) is 9.31. The van der Waals surface area contributed by atoms with Gasteiger partial charge in [-0.25, -0.2) is 4.79 Å². The van der Waals surface area contributed by atoms with Crippen molar-refractivity contribution in [2.24, 2.45) is 5.73 Å². The summed E-state index contributed by atoms with van der Waals surface area (Å²) in [6.07, 6.45) is 1.41. The zero-order valence-corrected chi connectivity index (χ0v) is 18.1. The van der Waals surface area contributed by atoms with Gasteiger partial charge >= 0.3 is 5.97 Å². The Kier molecular flexibility index (Phi) is 9.69. The molecule has 0 heterocycles. The van der Waals surface area contributed by atoms with Gasteiger partial charge in [-0.05, 0) is 54.8 Å². The molecule has 2 N–H and O–H groups in total. The minimum absolute atomic E-state index is 0. The molecule has 0 aliphatic heterocycles. The molecule has 8 heteroatoms. The van der Waals surface area contributed by atoms with E-state index >= 15 is 0 Å². The fourth-order valence-electron chi connectivity index (χ4n) is 2.64. The van der Waals surface area contributed by atoms with E-state index in [4.69, 9.17) is 24.7 Å². The van der Waals surface area contributed by atoms with Gasteiger partial charge in [0.25, 0.3) is 0 Å². The molecule has 2 aromatic carbocycles. The smallest absolute Gasteiger partial charge is 0.328 e. The van der Waals surface area contributed by atoms with E-state index in [1.165, 1.54) is 20.1 Å². The lowest BCUT2D eigenvalue weighted by molar-refractivity contribution is -0.135. The van der Waals surface area contributed by atoms with Gasteiger partial charge in [-0.3, -0.25) is 0 Å². The number of hydrogen-bond donors (Lipinski definition) is 1. The maximum Gasteiger partial charge on any atom is 0.328 e. The van der Waals surface area contributed by atoms with E-state index in [-0.39, 0.29) is 18.2 Å². The Morgan fingerprint density at radius 2 is 1.60 bits per heavy atom. The number of carbonyl (C=O) groups is 1. The molecule has 1 atom stereocenters. The quantitative estimate of drug-likeness (QED) is 0.385. The van der Waals surface area contributed by atoms with Crippen molar-refractivity contribution in [3.63, 3.8) is 0 Å². The van der Waals surface area contributed by atoms with Crippen molar-refractivity contribution in [3.8, 4) is 29.1 Å². The number of benzene rings is 2. The molecule has 0 aliphatic carbocycles. The lowest BCUT2D eigenvalue weighted by Crippen LogP contribution is -2.31. The molecule has 0 saturated carbocycles. The Labute approximate surface area is 182 Å². The summed E-state index contributed by atoms with van der Waals surface area (Å²) in [4.78, 5) is 11.9. The third-order valence-electron chi connectivity index (χ3n) is 4.04. The Hall–Kier alpha value is -3.21. The van der Waals surface area contributed by atoms with Crippen molar-refractivity contribution in [1.82, 2.24) is 0 Å². The number of methoxy groups -OCH3 is 2. The molecule has 0 aromatic heterocycles. The largest absolute Gasteiger partial charge is 0.493 e. The van der Waals surface area contributed by atoms with Crippen LogP contribution < -0.4 is 24.7 Å². The number of halogens is 1. The molecular weight excluding hydrogens is 408 g/mol. The molecule has 0 bridgehead atoms. The fourth-order valence-corrected chi connectivity index (χ4v) is 2.64. The molecule has 7 nitrogen and oxygen atoms in total. The van der Waals surface area contributed by atoms with Crippen molar-refractivity contribution in [2.45, 2.75) is 19.9 Å². The number of nitrogens with zero attached hydrogens (tertiary/aromatic N) is 1. The van der Waals surface area contributed by atoms with Crippen LogP contribution in [0.25, 0.3) is 5.57 Å². The van der Waals surface area contributed by atoms with Crippen LogP contribution in [0.1, 0.15) is 25.0 Å². The minimum atomic E-state index is -0.784. The molecule has 160 valence electrons. The molecule has 0 fully saturated rings. The maximum atomic E-state index is 11.9. The second-order valence-corrected chi connectivity index (χ2v) is 6.06. The molecule has 0 radical (unpaired) electrons. The van der Waals surface area contributed by atoms with Crippen LogP contribution in [-0.4, -0.2) is 32.8 Å². The summed E-state index contributed by atoms with van der Waals surface area (Å²) in [6.45, 7) is 3.88. The van der Waals surface area contributed by atoms with Gasteiger partial charge in [0.2, 0.25) is 0 Å². The van der Waals surface area contributed by atoms with Crippen LogP contribution in [0.4, 0.5) is 0 Å². The third kappa shape index (κ3) is 5.89. The van der Waals surface area contributed by atoms with Crippen LogP contribution in [-0.2, 0) is 4.79 Å². The molecular formula is C22H25ClN2O5. The predicted molar refractivity (Wildman–Crippen MR) is 116 cm³/mol. The van der Waals surface area contributed by atoms with E-state index in [0.29, 0.717) is 35.0 Å². The molecule has 0 aliphatic rings. The van der Waals surface area contributed by atoms with Crippen LogP contribution in [0, 0.1) is 11.3 Å². The predicted octanol–water partition coefficient (Wildman–Crippen LogP) is 3.73. The second kappa shape index (κ2) is 11.7. The molecule has 0 saturated heterocycles. The van der Waals surface area contributed by atoms with Gasteiger partial charge < -0.3 is 24.7 Å². The van der Waals surface area contributed by atoms with Gasteiger partial charge in [-0.15, -0.1) is 12.4 Å². The summed E-state index contributed by atoms with van der Waals surface area (Å²) in [5.41, 5.74) is 7.61. The minimum Gasteiger partial charge on any atom is -0.493 e. The molecule has 30 heavy (non-hydrogen) atoms. The lowest BCUT2D eigenvalue weighted by atomic mass is 9.97. The topological polar surface area (TPSA) is 104 Å². The third-order valence-corrected chi connectivity index (χ3v) is 4.04. The van der Waals surface area contributed by atoms with Gasteiger partial charge in [0.1, 0.15) is 6.04 Å². The molecule has 2 rings (SSSR count). The van der Waals surface area contributed by atoms with Crippen molar-refractivity contribution in [3.05, 3.63) is 53.6 Å². The van der Waals surface area contributed by atoms with Gasteiger partial charge in [-0.1, -0.05) is 12.1 Å². The first-order valence-corrected chi connectivity index (χ1v) is 9.01. The number of nitriles is 1. The Morgan fingerprint density at radius 1 is 1.07 bits per heavy atom. The average Bonchev–Trinajstić information content (AvgIpc) is 2.72.